The summed E-state index contributed by atoms with van der Waals surface area (Å²) in [6.45, 7) is 4.18. The molecular weight excluding hydrogens is 254 g/mol. The van der Waals surface area contributed by atoms with Crippen molar-refractivity contribution in [2.75, 3.05) is 0 Å². The van der Waals surface area contributed by atoms with Crippen molar-refractivity contribution in [1.29, 1.82) is 0 Å². The molecule has 3 aromatic rings. The van der Waals surface area contributed by atoms with Gasteiger partial charge in [-0.15, -0.1) is 10.2 Å². The first-order valence-electron chi connectivity index (χ1n) is 6.56. The molecule has 0 N–H and O–H groups in total. The van der Waals surface area contributed by atoms with Gasteiger partial charge in [-0.25, -0.2) is 0 Å². The van der Waals surface area contributed by atoms with Gasteiger partial charge in [0.1, 0.15) is 5.75 Å². The molecule has 0 radical (unpaired) electrons. The molecule has 0 saturated carbocycles. The monoisotopic (exact) mass is 269 g/mol. The van der Waals surface area contributed by atoms with Crippen LogP contribution in [0.15, 0.2) is 34.7 Å². The molecule has 5 heteroatoms. The zero-order valence-corrected chi connectivity index (χ0v) is 11.5. The summed E-state index contributed by atoms with van der Waals surface area (Å²) in [7, 11) is 0. The fourth-order valence-electron chi connectivity index (χ4n) is 2.02. The lowest BCUT2D eigenvalue weighted by molar-refractivity contribution is 0.261. The number of hydrogen-bond acceptors (Lipinski definition) is 5. The Bertz CT molecular complexity index is 737. The topological polar surface area (TPSA) is 61.0 Å². The Morgan fingerprint density at radius 1 is 1.15 bits per heavy atom. The van der Waals surface area contributed by atoms with Gasteiger partial charge in [-0.2, -0.15) is 0 Å². The SMILES string of the molecule is CCc1nnc(COc2cc(C)nc3ccccc23)o1. The van der Waals surface area contributed by atoms with E-state index in [1.807, 2.05) is 44.2 Å². The van der Waals surface area contributed by atoms with Crippen LogP contribution in [0.3, 0.4) is 0 Å². The summed E-state index contributed by atoms with van der Waals surface area (Å²) in [6, 6.07) is 9.80. The molecule has 102 valence electrons. The van der Waals surface area contributed by atoms with Gasteiger partial charge in [0.25, 0.3) is 5.89 Å². The highest BCUT2D eigenvalue weighted by molar-refractivity contribution is 5.85. The van der Waals surface area contributed by atoms with Crippen molar-refractivity contribution >= 4 is 10.9 Å². The average Bonchev–Trinajstić information content (AvgIpc) is 2.92. The quantitative estimate of drug-likeness (QED) is 0.728. The zero-order chi connectivity index (χ0) is 13.9. The first-order valence-corrected chi connectivity index (χ1v) is 6.56. The standard InChI is InChI=1S/C15H15N3O2/c1-3-14-17-18-15(20-14)9-19-13-8-10(2)16-12-7-5-4-6-11(12)13/h4-8H,3,9H2,1-2H3. The van der Waals surface area contributed by atoms with E-state index >= 15 is 0 Å². The van der Waals surface area contributed by atoms with Crippen LogP contribution in [0, 0.1) is 6.92 Å². The Morgan fingerprint density at radius 2 is 1.95 bits per heavy atom. The second-order valence-corrected chi connectivity index (χ2v) is 4.51. The molecule has 0 aliphatic rings. The van der Waals surface area contributed by atoms with Crippen molar-refractivity contribution in [3.8, 4) is 5.75 Å². The molecule has 2 heterocycles. The normalized spacial score (nSPS) is 10.9. The van der Waals surface area contributed by atoms with E-state index in [-0.39, 0.29) is 6.61 Å². The zero-order valence-electron chi connectivity index (χ0n) is 11.5. The van der Waals surface area contributed by atoms with Crippen molar-refractivity contribution in [1.82, 2.24) is 15.2 Å². The number of pyridine rings is 1. The van der Waals surface area contributed by atoms with Gasteiger partial charge in [-0.05, 0) is 19.1 Å². The summed E-state index contributed by atoms with van der Waals surface area (Å²) in [5, 5.41) is 8.85. The Hall–Kier alpha value is -2.43. The van der Waals surface area contributed by atoms with E-state index in [0.717, 1.165) is 28.8 Å². The summed E-state index contributed by atoms with van der Waals surface area (Å²) in [6.07, 6.45) is 0.726. The van der Waals surface area contributed by atoms with Gasteiger partial charge in [0.2, 0.25) is 5.89 Å². The van der Waals surface area contributed by atoms with Crippen LogP contribution in [0.4, 0.5) is 0 Å². The lowest BCUT2D eigenvalue weighted by Crippen LogP contribution is -1.98. The summed E-state index contributed by atoms with van der Waals surface area (Å²) in [4.78, 5) is 4.48. The van der Waals surface area contributed by atoms with Crippen LogP contribution in [0.5, 0.6) is 5.75 Å². The maximum absolute atomic E-state index is 5.81. The van der Waals surface area contributed by atoms with E-state index in [2.05, 4.69) is 15.2 Å². The smallest absolute Gasteiger partial charge is 0.253 e. The largest absolute Gasteiger partial charge is 0.483 e. The Balaban J connectivity index is 1.86. The maximum atomic E-state index is 5.81. The number of para-hydroxylation sites is 1. The Kier molecular flexibility index (Phi) is 3.33. The van der Waals surface area contributed by atoms with Crippen molar-refractivity contribution < 1.29 is 9.15 Å². The van der Waals surface area contributed by atoms with Crippen LogP contribution >= 0.6 is 0 Å². The number of nitrogens with zero attached hydrogens (tertiary/aromatic N) is 3. The number of aryl methyl sites for hydroxylation is 2. The van der Waals surface area contributed by atoms with Gasteiger partial charge in [-0.3, -0.25) is 4.98 Å². The molecule has 20 heavy (non-hydrogen) atoms. The molecule has 5 nitrogen and oxygen atoms in total. The van der Waals surface area contributed by atoms with Crippen LogP contribution in [0.25, 0.3) is 10.9 Å². The van der Waals surface area contributed by atoms with E-state index in [1.54, 1.807) is 0 Å². The third-order valence-electron chi connectivity index (χ3n) is 2.97. The van der Waals surface area contributed by atoms with Crippen LogP contribution < -0.4 is 4.74 Å². The highest BCUT2D eigenvalue weighted by Gasteiger charge is 2.08. The van der Waals surface area contributed by atoms with Gasteiger partial charge in [0.15, 0.2) is 6.61 Å². The lowest BCUT2D eigenvalue weighted by atomic mass is 10.2. The number of benzene rings is 1. The summed E-state index contributed by atoms with van der Waals surface area (Å²) >= 11 is 0. The fraction of sp³-hybridized carbons (Fsp3) is 0.267. The van der Waals surface area contributed by atoms with Gasteiger partial charge in [0.05, 0.1) is 5.52 Å². The minimum Gasteiger partial charge on any atom is -0.483 e. The van der Waals surface area contributed by atoms with E-state index in [1.165, 1.54) is 0 Å². The van der Waals surface area contributed by atoms with Crippen molar-refractivity contribution in [3.63, 3.8) is 0 Å². The molecule has 0 bridgehead atoms. The van der Waals surface area contributed by atoms with E-state index < -0.39 is 0 Å². The molecule has 1 aromatic carbocycles. The second kappa shape index (κ2) is 5.28. The third-order valence-corrected chi connectivity index (χ3v) is 2.97. The van der Waals surface area contributed by atoms with Gasteiger partial charge in [-0.1, -0.05) is 19.1 Å². The predicted molar refractivity (Wildman–Crippen MR) is 74.5 cm³/mol. The molecule has 0 fully saturated rings. The van der Waals surface area contributed by atoms with E-state index in [0.29, 0.717) is 11.8 Å². The maximum Gasteiger partial charge on any atom is 0.253 e. The average molecular weight is 269 g/mol. The minimum atomic E-state index is 0.264. The Labute approximate surface area is 116 Å². The molecule has 0 atom stereocenters. The minimum absolute atomic E-state index is 0.264. The molecule has 3 rings (SSSR count). The highest BCUT2D eigenvalue weighted by atomic mass is 16.5. The number of ether oxygens (including phenoxy) is 1. The summed E-state index contributed by atoms with van der Waals surface area (Å²) < 4.78 is 11.2. The molecule has 0 spiro atoms. The molecule has 0 aliphatic carbocycles. The Morgan fingerprint density at radius 3 is 2.75 bits per heavy atom. The van der Waals surface area contributed by atoms with Crippen LogP contribution in [-0.2, 0) is 13.0 Å². The number of rotatable bonds is 4. The number of aromatic nitrogens is 3. The molecular formula is C15H15N3O2. The van der Waals surface area contributed by atoms with Crippen molar-refractivity contribution in [2.45, 2.75) is 26.9 Å². The molecule has 0 amide bonds. The molecule has 0 unspecified atom stereocenters. The first-order chi connectivity index (χ1) is 9.76. The van der Waals surface area contributed by atoms with Crippen molar-refractivity contribution in [3.05, 3.63) is 47.8 Å². The number of hydrogen-bond donors (Lipinski definition) is 0. The summed E-state index contributed by atoms with van der Waals surface area (Å²) in [5.74, 6) is 1.89. The fourth-order valence-corrected chi connectivity index (χ4v) is 2.02. The van der Waals surface area contributed by atoms with Gasteiger partial charge >= 0.3 is 0 Å². The molecule has 2 aromatic heterocycles. The van der Waals surface area contributed by atoms with Gasteiger partial charge in [0, 0.05) is 23.6 Å². The number of fused-ring (bicyclic) bond motifs is 1. The summed E-state index contributed by atoms with van der Waals surface area (Å²) in [5.41, 5.74) is 1.83. The van der Waals surface area contributed by atoms with E-state index in [9.17, 15) is 0 Å². The third kappa shape index (κ3) is 2.47. The van der Waals surface area contributed by atoms with Crippen LogP contribution in [-0.4, -0.2) is 15.2 Å². The van der Waals surface area contributed by atoms with Gasteiger partial charge < -0.3 is 9.15 Å². The van der Waals surface area contributed by atoms with Crippen LogP contribution in [0.1, 0.15) is 24.4 Å². The molecule has 0 aliphatic heterocycles. The van der Waals surface area contributed by atoms with Crippen molar-refractivity contribution in [2.24, 2.45) is 0 Å². The first kappa shape index (κ1) is 12.6. The van der Waals surface area contributed by atoms with E-state index in [4.69, 9.17) is 9.15 Å². The lowest BCUT2D eigenvalue weighted by Gasteiger charge is -2.08. The second-order valence-electron chi connectivity index (χ2n) is 4.51. The van der Waals surface area contributed by atoms with Crippen LogP contribution in [0.2, 0.25) is 0 Å². The molecule has 0 saturated heterocycles. The highest BCUT2D eigenvalue weighted by Crippen LogP contribution is 2.25. The predicted octanol–water partition coefficient (Wildman–Crippen LogP) is 3.07.